The molecule has 0 unspecified atom stereocenters. The van der Waals surface area contributed by atoms with Crippen molar-refractivity contribution in [3.05, 3.63) is 42.0 Å². The summed E-state index contributed by atoms with van der Waals surface area (Å²) in [7, 11) is -0.644. The van der Waals surface area contributed by atoms with E-state index in [1.807, 2.05) is 13.8 Å². The second-order valence-corrected chi connectivity index (χ2v) is 8.78. The van der Waals surface area contributed by atoms with Crippen molar-refractivity contribution in [1.29, 1.82) is 0 Å². The molecule has 0 spiro atoms. The molecule has 0 fully saturated rings. The van der Waals surface area contributed by atoms with Crippen LogP contribution in [0.2, 0.25) is 0 Å². The van der Waals surface area contributed by atoms with Gasteiger partial charge in [0.25, 0.3) is 5.91 Å². The molecule has 10 heteroatoms. The van der Waals surface area contributed by atoms with Crippen LogP contribution in [-0.2, 0) is 10.0 Å². The highest BCUT2D eigenvalue weighted by atomic mass is 32.2. The fourth-order valence-electron chi connectivity index (χ4n) is 2.79. The number of carbonyl (C=O) groups is 1. The maximum atomic E-state index is 12.9. The Hall–Kier alpha value is -2.98. The average molecular weight is 452 g/mol. The zero-order valence-electron chi connectivity index (χ0n) is 18.3. The van der Waals surface area contributed by atoms with E-state index < -0.39 is 15.9 Å². The van der Waals surface area contributed by atoms with Crippen molar-refractivity contribution < 1.29 is 27.4 Å². The highest BCUT2D eigenvalue weighted by Crippen LogP contribution is 2.32. The van der Waals surface area contributed by atoms with Gasteiger partial charge in [0.2, 0.25) is 10.0 Å². The SMILES string of the molecule is COc1cccc(OC)c1C(=O)Nc1ccc(OCCNC(C)C)c(NS(C)(=O)=O)c1. The summed E-state index contributed by atoms with van der Waals surface area (Å²) in [4.78, 5) is 12.9. The van der Waals surface area contributed by atoms with Crippen LogP contribution in [-0.4, -0.2) is 54.0 Å². The lowest BCUT2D eigenvalue weighted by Gasteiger charge is -2.16. The molecule has 1 amide bonds. The number of hydrogen-bond donors (Lipinski definition) is 3. The van der Waals surface area contributed by atoms with Crippen molar-refractivity contribution in [2.45, 2.75) is 19.9 Å². The highest BCUT2D eigenvalue weighted by molar-refractivity contribution is 7.92. The first kappa shape index (κ1) is 24.3. The maximum absolute atomic E-state index is 12.9. The fraction of sp³-hybridized carbons (Fsp3) is 0.381. The van der Waals surface area contributed by atoms with E-state index in [-0.39, 0.29) is 11.3 Å². The van der Waals surface area contributed by atoms with Gasteiger partial charge in [-0.15, -0.1) is 0 Å². The third-order valence-corrected chi connectivity index (χ3v) is 4.69. The van der Waals surface area contributed by atoms with Crippen LogP contribution in [0.3, 0.4) is 0 Å². The first-order valence-corrected chi connectivity index (χ1v) is 11.5. The monoisotopic (exact) mass is 451 g/mol. The Morgan fingerprint density at radius 2 is 1.68 bits per heavy atom. The molecule has 170 valence electrons. The second kappa shape index (κ2) is 10.9. The molecule has 0 bridgehead atoms. The van der Waals surface area contributed by atoms with Gasteiger partial charge in [-0.25, -0.2) is 8.42 Å². The van der Waals surface area contributed by atoms with Gasteiger partial charge in [0.1, 0.15) is 29.4 Å². The second-order valence-electron chi connectivity index (χ2n) is 7.03. The quantitative estimate of drug-likeness (QED) is 0.450. The molecule has 0 heterocycles. The minimum atomic E-state index is -3.56. The summed E-state index contributed by atoms with van der Waals surface area (Å²) in [5.41, 5.74) is 0.818. The zero-order chi connectivity index (χ0) is 23.0. The number of anilines is 2. The Kier molecular flexibility index (Phi) is 8.52. The van der Waals surface area contributed by atoms with Crippen LogP contribution in [0.25, 0.3) is 0 Å². The lowest BCUT2D eigenvalue weighted by Crippen LogP contribution is -2.27. The maximum Gasteiger partial charge on any atom is 0.263 e. The zero-order valence-corrected chi connectivity index (χ0v) is 19.1. The van der Waals surface area contributed by atoms with Gasteiger partial charge < -0.3 is 24.8 Å². The molecule has 0 radical (unpaired) electrons. The van der Waals surface area contributed by atoms with E-state index in [0.29, 0.717) is 42.1 Å². The van der Waals surface area contributed by atoms with Gasteiger partial charge in [-0.05, 0) is 30.3 Å². The Morgan fingerprint density at radius 1 is 1.03 bits per heavy atom. The normalized spacial score (nSPS) is 11.2. The molecule has 0 saturated carbocycles. The fourth-order valence-corrected chi connectivity index (χ4v) is 3.35. The molecule has 0 aliphatic heterocycles. The minimum absolute atomic E-state index is 0.219. The van der Waals surface area contributed by atoms with Crippen molar-refractivity contribution in [3.8, 4) is 17.2 Å². The topological polar surface area (TPSA) is 115 Å². The Morgan fingerprint density at radius 3 is 2.23 bits per heavy atom. The number of hydrogen-bond acceptors (Lipinski definition) is 7. The van der Waals surface area contributed by atoms with Crippen molar-refractivity contribution >= 4 is 27.3 Å². The number of amides is 1. The molecule has 9 nitrogen and oxygen atoms in total. The van der Waals surface area contributed by atoms with Crippen molar-refractivity contribution in [3.63, 3.8) is 0 Å². The predicted molar refractivity (Wildman–Crippen MR) is 121 cm³/mol. The van der Waals surface area contributed by atoms with Crippen LogP contribution in [0.15, 0.2) is 36.4 Å². The number of sulfonamides is 1. The standard InChI is InChI=1S/C21H29N3O6S/c1-14(2)22-11-12-30-17-10-9-15(13-16(17)24-31(5,26)27)23-21(25)20-18(28-3)7-6-8-19(20)29-4/h6-10,13-14,22,24H,11-12H2,1-5H3,(H,23,25). The van der Waals surface area contributed by atoms with Crippen LogP contribution < -0.4 is 29.6 Å². The molecule has 0 atom stereocenters. The molecule has 0 aromatic heterocycles. The number of methoxy groups -OCH3 is 2. The van der Waals surface area contributed by atoms with Gasteiger partial charge in [-0.3, -0.25) is 9.52 Å². The molecule has 0 saturated heterocycles. The molecular weight excluding hydrogens is 422 g/mol. The van der Waals surface area contributed by atoms with E-state index >= 15 is 0 Å². The number of carbonyl (C=O) groups excluding carboxylic acids is 1. The van der Waals surface area contributed by atoms with Crippen LogP contribution in [0.4, 0.5) is 11.4 Å². The van der Waals surface area contributed by atoms with Crippen molar-refractivity contribution in [2.24, 2.45) is 0 Å². The smallest absolute Gasteiger partial charge is 0.263 e. The largest absolute Gasteiger partial charge is 0.496 e. The predicted octanol–water partition coefficient (Wildman–Crippen LogP) is 2.70. The third-order valence-electron chi connectivity index (χ3n) is 4.10. The molecule has 31 heavy (non-hydrogen) atoms. The summed E-state index contributed by atoms with van der Waals surface area (Å²) in [6.07, 6.45) is 1.04. The number of rotatable bonds is 11. The van der Waals surface area contributed by atoms with Crippen LogP contribution in [0, 0.1) is 0 Å². The molecule has 3 N–H and O–H groups in total. The average Bonchev–Trinajstić information content (AvgIpc) is 2.70. The van der Waals surface area contributed by atoms with Gasteiger partial charge in [0, 0.05) is 18.3 Å². The number of benzene rings is 2. The number of ether oxygens (including phenoxy) is 3. The summed E-state index contributed by atoms with van der Waals surface area (Å²) in [6, 6.07) is 10.0. The summed E-state index contributed by atoms with van der Waals surface area (Å²) < 4.78 is 42.3. The van der Waals surface area contributed by atoms with E-state index in [2.05, 4.69) is 15.4 Å². The van der Waals surface area contributed by atoms with Crippen LogP contribution in [0.1, 0.15) is 24.2 Å². The molecule has 0 aliphatic carbocycles. The first-order chi connectivity index (χ1) is 14.6. The summed E-state index contributed by atoms with van der Waals surface area (Å²) in [5, 5.41) is 5.96. The lowest BCUT2D eigenvalue weighted by atomic mass is 10.1. The van der Waals surface area contributed by atoms with E-state index in [4.69, 9.17) is 14.2 Å². The third kappa shape index (κ3) is 7.34. The number of nitrogens with one attached hydrogen (secondary N) is 3. The van der Waals surface area contributed by atoms with E-state index in [1.165, 1.54) is 20.3 Å². The van der Waals surface area contributed by atoms with Crippen LogP contribution in [0.5, 0.6) is 17.2 Å². The Balaban J connectivity index is 2.27. The van der Waals surface area contributed by atoms with Crippen molar-refractivity contribution in [1.82, 2.24) is 5.32 Å². The summed E-state index contributed by atoms with van der Waals surface area (Å²) in [6.45, 7) is 4.98. The van der Waals surface area contributed by atoms with E-state index in [9.17, 15) is 13.2 Å². The minimum Gasteiger partial charge on any atom is -0.496 e. The summed E-state index contributed by atoms with van der Waals surface area (Å²) in [5.74, 6) is 0.589. The van der Waals surface area contributed by atoms with Crippen LogP contribution >= 0.6 is 0 Å². The van der Waals surface area contributed by atoms with Gasteiger partial charge in [0.05, 0.1) is 26.2 Å². The molecule has 2 rings (SSSR count). The molecule has 2 aromatic rings. The van der Waals surface area contributed by atoms with E-state index in [0.717, 1.165) is 6.26 Å². The highest BCUT2D eigenvalue weighted by Gasteiger charge is 2.19. The van der Waals surface area contributed by atoms with E-state index in [1.54, 1.807) is 30.3 Å². The molecular formula is C21H29N3O6S. The summed E-state index contributed by atoms with van der Waals surface area (Å²) >= 11 is 0. The molecule has 2 aromatic carbocycles. The van der Waals surface area contributed by atoms with Gasteiger partial charge in [-0.1, -0.05) is 19.9 Å². The van der Waals surface area contributed by atoms with Crippen molar-refractivity contribution in [2.75, 3.05) is 43.7 Å². The van der Waals surface area contributed by atoms with Gasteiger partial charge >= 0.3 is 0 Å². The molecule has 0 aliphatic rings. The Bertz CT molecular complexity index is 986. The first-order valence-electron chi connectivity index (χ1n) is 9.65. The van der Waals surface area contributed by atoms with Gasteiger partial charge in [0.15, 0.2) is 0 Å². The Labute approximate surface area is 183 Å². The lowest BCUT2D eigenvalue weighted by molar-refractivity contribution is 0.102. The van der Waals surface area contributed by atoms with Gasteiger partial charge in [-0.2, -0.15) is 0 Å².